The van der Waals surface area contributed by atoms with Gasteiger partial charge in [0.1, 0.15) is 0 Å². The molecule has 0 aliphatic carbocycles. The van der Waals surface area contributed by atoms with E-state index in [0.717, 1.165) is 26.2 Å². The van der Waals surface area contributed by atoms with Gasteiger partial charge in [0.25, 0.3) is 0 Å². The molecule has 120 valence electrons. The van der Waals surface area contributed by atoms with Gasteiger partial charge in [0.05, 0.1) is 0 Å². The molecule has 0 aliphatic heterocycles. The van der Waals surface area contributed by atoms with Crippen LogP contribution in [0.15, 0.2) is 0 Å². The molecule has 0 spiro atoms. The van der Waals surface area contributed by atoms with Crippen molar-refractivity contribution in [1.82, 2.24) is 9.80 Å². The normalized spacial score (nSPS) is 8.95. The number of hydrogen-bond acceptors (Lipinski definition) is 2. The van der Waals surface area contributed by atoms with E-state index in [1.54, 1.807) is 0 Å². The summed E-state index contributed by atoms with van der Waals surface area (Å²) in [5.74, 6) is 0. The van der Waals surface area contributed by atoms with Gasteiger partial charge in [-0.25, -0.2) is 0 Å². The van der Waals surface area contributed by atoms with Crippen molar-refractivity contribution in [2.24, 2.45) is 0 Å². The summed E-state index contributed by atoms with van der Waals surface area (Å²) in [5.41, 5.74) is 0. The predicted molar refractivity (Wildman–Crippen MR) is 97.3 cm³/mol. The zero-order valence-corrected chi connectivity index (χ0v) is 23.7. The van der Waals surface area contributed by atoms with E-state index >= 15 is 0 Å². The molecule has 0 atom stereocenters. The van der Waals surface area contributed by atoms with E-state index in [4.69, 9.17) is 0 Å². The minimum Gasteiger partial charge on any atom is 0 e. The Bertz CT molecular complexity index is 227. The maximum Gasteiger partial charge on any atom is 0 e. The van der Waals surface area contributed by atoms with Crippen LogP contribution < -0.4 is 0 Å². The summed E-state index contributed by atoms with van der Waals surface area (Å²) < 4.78 is 2.40. The molecule has 2 radical (unpaired) electrons. The van der Waals surface area contributed by atoms with Gasteiger partial charge in [-0.15, -0.1) is 0 Å². The Morgan fingerprint density at radius 2 is 0.810 bits per heavy atom. The van der Waals surface area contributed by atoms with Gasteiger partial charge < -0.3 is 0 Å². The molecule has 0 rings (SSSR count). The van der Waals surface area contributed by atoms with Crippen LogP contribution in [0.5, 0.6) is 0 Å². The first-order chi connectivity index (χ1) is 9.44. The van der Waals surface area contributed by atoms with E-state index in [1.807, 2.05) is 0 Å². The predicted octanol–water partition coefficient (Wildman–Crippen LogP) is 1.06. The third-order valence-corrected chi connectivity index (χ3v) is 4.66. The van der Waals surface area contributed by atoms with Crippen LogP contribution in [0.25, 0.3) is 0 Å². The van der Waals surface area contributed by atoms with Crippen molar-refractivity contribution >= 4 is 70.1 Å². The maximum atomic E-state index is 3.00. The van der Waals surface area contributed by atoms with Crippen molar-refractivity contribution in [2.75, 3.05) is 26.2 Å². The van der Waals surface area contributed by atoms with Gasteiger partial charge >= 0.3 is 159 Å². The summed E-state index contributed by atoms with van der Waals surface area (Å²) >= 11 is 12.0. The van der Waals surface area contributed by atoms with E-state index in [9.17, 15) is 0 Å². The maximum absolute atomic E-state index is 3.00. The number of hydrogen-bond donors (Lipinski definition) is 0. The second kappa shape index (κ2) is 20.1. The molecule has 0 bridgehead atoms. The van der Waals surface area contributed by atoms with Crippen LogP contribution in [0.3, 0.4) is 0 Å². The molecule has 0 saturated carbocycles. The second-order valence-electron chi connectivity index (χ2n) is 4.51. The summed E-state index contributed by atoms with van der Waals surface area (Å²) in [6.07, 6.45) is 4.86. The average Bonchev–Trinajstić information content (AvgIpc) is 2.38. The van der Waals surface area contributed by atoms with Gasteiger partial charge in [0, 0.05) is 19.5 Å². The summed E-state index contributed by atoms with van der Waals surface area (Å²) in [5, 5.41) is 0. The van der Waals surface area contributed by atoms with Gasteiger partial charge in [-0.05, 0) is 0 Å². The molecule has 0 heterocycles. The second-order valence-corrected chi connectivity index (χ2v) is 10.4. The topological polar surface area (TPSA) is 6.48 Å². The van der Waals surface area contributed by atoms with Crippen molar-refractivity contribution in [3.8, 4) is 0 Å². The molecule has 0 aromatic rings. The molecule has 0 fully saturated rings. The molecule has 0 aromatic carbocycles. The van der Waals surface area contributed by atoms with E-state index in [0.29, 0.717) is 0 Å². The quantitative estimate of drug-likeness (QED) is 0.344. The first-order valence-corrected chi connectivity index (χ1v) is 10.8. The van der Waals surface area contributed by atoms with Crippen molar-refractivity contribution in [2.45, 2.75) is 53.4 Å². The first-order valence-electron chi connectivity index (χ1n) is 7.36. The van der Waals surface area contributed by atoms with Crippen LogP contribution in [0.1, 0.15) is 53.4 Å². The largest absolute Gasteiger partial charge is 0 e. The third kappa shape index (κ3) is 18.2. The van der Waals surface area contributed by atoms with E-state index in [1.165, 1.54) is 32.6 Å². The average molecular weight is 606 g/mol. The van der Waals surface area contributed by atoms with E-state index < -0.39 is 0 Å². The number of rotatable bonds is 10. The molecule has 0 amide bonds. The molecule has 7 heteroatoms. The van der Waals surface area contributed by atoms with Gasteiger partial charge in [0.15, 0.2) is 0 Å². The van der Waals surface area contributed by atoms with Crippen LogP contribution >= 0.6 is 0 Å². The van der Waals surface area contributed by atoms with E-state index in [-0.39, 0.29) is 19.5 Å². The van der Waals surface area contributed by atoms with Crippen molar-refractivity contribution in [1.29, 1.82) is 0 Å². The van der Waals surface area contributed by atoms with Crippen LogP contribution in [-0.4, -0.2) is 106 Å². The summed E-state index contributed by atoms with van der Waals surface area (Å²) in [7, 11) is 0. The smallest absolute Gasteiger partial charge is 0 e. The van der Waals surface area contributed by atoms with Gasteiger partial charge in [-0.2, -0.15) is 0 Å². The van der Waals surface area contributed by atoms with Crippen molar-refractivity contribution in [3.63, 3.8) is 0 Å². The first kappa shape index (κ1) is 27.9. The molecular formula is C14H28N2Se4Zn. The van der Waals surface area contributed by atoms with Crippen LogP contribution in [0.4, 0.5) is 0 Å². The third-order valence-electron chi connectivity index (χ3n) is 2.49. The molecule has 0 N–H and O–H groups in total. The van der Waals surface area contributed by atoms with Crippen molar-refractivity contribution in [3.05, 3.63) is 0 Å². The minimum atomic E-state index is 0. The van der Waals surface area contributed by atoms with Crippen LogP contribution in [0, 0.1) is 0 Å². The Kier molecular flexibility index (Phi) is 26.7. The monoisotopic (exact) mass is 608 g/mol. The molecule has 2 nitrogen and oxygen atoms in total. The Balaban J connectivity index is -0.000000295. The fraction of sp³-hybridized carbons (Fsp3) is 0.857. The summed E-state index contributed by atoms with van der Waals surface area (Å²) in [4.78, 5) is 4.67. The Labute approximate surface area is 177 Å². The fourth-order valence-corrected chi connectivity index (χ4v) is 3.20. The minimum absolute atomic E-state index is 0. The molecule has 0 unspecified atom stereocenters. The molecule has 0 aliphatic rings. The van der Waals surface area contributed by atoms with Gasteiger partial charge in [-0.3, -0.25) is 0 Å². The zero-order chi connectivity index (χ0) is 16.0. The Morgan fingerprint density at radius 3 is 0.905 bits per heavy atom. The number of nitrogens with zero attached hydrogens (tertiary/aromatic N) is 2. The van der Waals surface area contributed by atoms with Crippen molar-refractivity contribution < 1.29 is 19.5 Å². The van der Waals surface area contributed by atoms with Gasteiger partial charge in [-0.1, -0.05) is 0 Å². The van der Waals surface area contributed by atoms with Crippen LogP contribution in [-0.2, 0) is 19.5 Å². The zero-order valence-electron chi connectivity index (χ0n) is 13.9. The molecular weight excluding hydrogens is 577 g/mol. The Hall–Kier alpha value is 2.04. The van der Waals surface area contributed by atoms with Gasteiger partial charge in [0.2, 0.25) is 0 Å². The fourth-order valence-electron chi connectivity index (χ4n) is 1.67. The van der Waals surface area contributed by atoms with Crippen LogP contribution in [0.2, 0.25) is 0 Å². The standard InChI is InChI=1S/2C7H14NSe2.Zn/c2*1-3-5-8(6-4-2)7(9)10;/h2*3-6H2,1-2H3;. The summed E-state index contributed by atoms with van der Waals surface area (Å²) in [6, 6.07) is 0. The van der Waals surface area contributed by atoms with E-state index in [2.05, 4.69) is 101 Å². The summed E-state index contributed by atoms with van der Waals surface area (Å²) in [6.45, 7) is 13.4. The molecule has 21 heavy (non-hydrogen) atoms. The Morgan fingerprint density at radius 1 is 0.619 bits per heavy atom. The molecule has 0 saturated heterocycles. The SMILES string of the molecule is CCCN(CCC)C([Se])=[Se].CCCN(CCC)C([Se])=[Se].[Zn]. The molecule has 0 aromatic heterocycles.